The molecule has 190 valence electrons. The molecular weight excluding hydrogens is 517 g/mol. The minimum absolute atomic E-state index is 0.183. The van der Waals surface area contributed by atoms with Gasteiger partial charge in [0.25, 0.3) is 0 Å². The van der Waals surface area contributed by atoms with E-state index in [-0.39, 0.29) is 27.7 Å². The molecule has 2 N–H and O–H groups in total. The molecule has 0 saturated carbocycles. The number of alkyl halides is 3. The number of amides is 2. The van der Waals surface area contributed by atoms with E-state index in [1.807, 2.05) is 11.4 Å². The van der Waals surface area contributed by atoms with E-state index in [0.717, 1.165) is 12.1 Å². The third kappa shape index (κ3) is 7.68. The summed E-state index contributed by atoms with van der Waals surface area (Å²) in [5.41, 5.74) is 0.988. The molecule has 1 aromatic heterocycles. The minimum atomic E-state index is -4.68. The van der Waals surface area contributed by atoms with Gasteiger partial charge in [0.1, 0.15) is 23.6 Å². The van der Waals surface area contributed by atoms with Crippen molar-refractivity contribution in [3.8, 4) is 22.9 Å². The van der Waals surface area contributed by atoms with Gasteiger partial charge in [-0.3, -0.25) is 9.59 Å². The Morgan fingerprint density at radius 2 is 1.76 bits per heavy atom. The number of hydrogen-bond acceptors (Lipinski definition) is 7. The summed E-state index contributed by atoms with van der Waals surface area (Å²) in [5.74, 6) is -1.93. The molecule has 3 rings (SSSR count). The lowest BCUT2D eigenvalue weighted by molar-refractivity contribution is -0.242. The maximum atomic E-state index is 12.7. The SMILES string of the molecule is N#Cc1cc(-c2cccc(C(=O)CC(=O)Nc3cc(Cl)c(OCC(F)(F)F)cc3NC(=O)[O-])c2)ccn1. The van der Waals surface area contributed by atoms with Gasteiger partial charge in [-0.2, -0.15) is 18.4 Å². The number of Topliss-reactive ketones (excluding diaryl/α,β-unsaturated/α-hetero) is 1. The molecule has 0 radical (unpaired) electrons. The number of carboxylic acid groups (broad SMARTS) is 1. The average molecular weight is 532 g/mol. The highest BCUT2D eigenvalue weighted by Crippen LogP contribution is 2.35. The van der Waals surface area contributed by atoms with Crippen LogP contribution in [0.3, 0.4) is 0 Å². The Morgan fingerprint density at radius 3 is 2.43 bits per heavy atom. The molecule has 2 amide bonds. The highest BCUT2D eigenvalue weighted by molar-refractivity contribution is 6.32. The fourth-order valence-electron chi connectivity index (χ4n) is 3.13. The van der Waals surface area contributed by atoms with E-state index in [2.05, 4.69) is 15.0 Å². The number of nitrogens with one attached hydrogen (secondary N) is 2. The molecule has 0 fully saturated rings. The summed E-state index contributed by atoms with van der Waals surface area (Å²) in [5, 5.41) is 23.8. The van der Waals surface area contributed by atoms with Gasteiger partial charge in [-0.15, -0.1) is 0 Å². The molecular formula is C24H15ClF3N4O5-. The van der Waals surface area contributed by atoms with E-state index in [4.69, 9.17) is 16.9 Å². The van der Waals surface area contributed by atoms with Gasteiger partial charge in [-0.25, -0.2) is 4.98 Å². The van der Waals surface area contributed by atoms with Crippen molar-refractivity contribution in [2.45, 2.75) is 12.6 Å². The molecule has 0 aliphatic rings. The number of carbonyl (C=O) groups excluding carboxylic acids is 3. The van der Waals surface area contributed by atoms with Crippen molar-refractivity contribution in [2.75, 3.05) is 17.2 Å². The Hall–Kier alpha value is -4.63. The van der Waals surface area contributed by atoms with Crippen molar-refractivity contribution >= 4 is 40.8 Å². The van der Waals surface area contributed by atoms with E-state index in [1.54, 1.807) is 18.2 Å². The van der Waals surface area contributed by atoms with Crippen LogP contribution in [0.4, 0.5) is 29.3 Å². The molecule has 37 heavy (non-hydrogen) atoms. The Balaban J connectivity index is 1.77. The first-order valence-electron chi connectivity index (χ1n) is 10.3. The molecule has 0 bridgehead atoms. The van der Waals surface area contributed by atoms with Crippen molar-refractivity contribution in [3.63, 3.8) is 0 Å². The summed E-state index contributed by atoms with van der Waals surface area (Å²) in [4.78, 5) is 40.1. The van der Waals surface area contributed by atoms with Crippen molar-refractivity contribution in [1.82, 2.24) is 4.98 Å². The van der Waals surface area contributed by atoms with Crippen molar-refractivity contribution in [2.24, 2.45) is 0 Å². The van der Waals surface area contributed by atoms with Crippen LogP contribution in [0.1, 0.15) is 22.5 Å². The monoisotopic (exact) mass is 531 g/mol. The third-order valence-electron chi connectivity index (χ3n) is 4.69. The average Bonchev–Trinajstić information content (AvgIpc) is 2.84. The fourth-order valence-corrected chi connectivity index (χ4v) is 3.34. The summed E-state index contributed by atoms with van der Waals surface area (Å²) >= 11 is 5.92. The lowest BCUT2D eigenvalue weighted by atomic mass is 10.0. The molecule has 0 aliphatic heterocycles. The lowest BCUT2D eigenvalue weighted by Crippen LogP contribution is -2.29. The van der Waals surface area contributed by atoms with Crippen LogP contribution in [0.25, 0.3) is 11.1 Å². The number of ether oxygens (including phenoxy) is 1. The van der Waals surface area contributed by atoms with Crippen molar-refractivity contribution < 1.29 is 37.4 Å². The van der Waals surface area contributed by atoms with Gasteiger partial charge in [-0.1, -0.05) is 29.8 Å². The first-order valence-corrected chi connectivity index (χ1v) is 10.6. The zero-order chi connectivity index (χ0) is 27.2. The topological polar surface area (TPSA) is 144 Å². The number of benzene rings is 2. The number of hydrogen-bond donors (Lipinski definition) is 2. The number of halogens is 4. The Bertz CT molecular complexity index is 1410. The van der Waals surface area contributed by atoms with Crippen LogP contribution in [-0.2, 0) is 4.79 Å². The molecule has 0 saturated heterocycles. The largest absolute Gasteiger partial charge is 0.530 e. The summed E-state index contributed by atoms with van der Waals surface area (Å²) in [6, 6.07) is 13.2. The van der Waals surface area contributed by atoms with Crippen LogP contribution >= 0.6 is 11.6 Å². The second kappa shape index (κ2) is 11.4. The summed E-state index contributed by atoms with van der Waals surface area (Å²) in [7, 11) is 0. The molecule has 0 atom stereocenters. The van der Waals surface area contributed by atoms with Gasteiger partial charge < -0.3 is 25.3 Å². The van der Waals surface area contributed by atoms with Crippen molar-refractivity contribution in [3.05, 3.63) is 71.0 Å². The van der Waals surface area contributed by atoms with Gasteiger partial charge in [0, 0.05) is 17.8 Å². The number of nitrogens with zero attached hydrogens (tertiary/aromatic N) is 2. The highest BCUT2D eigenvalue weighted by Gasteiger charge is 2.29. The van der Waals surface area contributed by atoms with E-state index in [0.29, 0.717) is 11.1 Å². The zero-order valence-electron chi connectivity index (χ0n) is 18.6. The Labute approximate surface area is 212 Å². The van der Waals surface area contributed by atoms with Gasteiger partial charge in [0.2, 0.25) is 5.91 Å². The normalized spacial score (nSPS) is 10.8. The van der Waals surface area contributed by atoms with Gasteiger partial charge >= 0.3 is 6.18 Å². The van der Waals surface area contributed by atoms with E-state index in [1.165, 1.54) is 24.4 Å². The maximum Gasteiger partial charge on any atom is 0.422 e. The van der Waals surface area contributed by atoms with Crippen LogP contribution in [0.5, 0.6) is 5.75 Å². The zero-order valence-corrected chi connectivity index (χ0v) is 19.3. The lowest BCUT2D eigenvalue weighted by Gasteiger charge is -2.17. The summed E-state index contributed by atoms with van der Waals surface area (Å²) < 4.78 is 41.9. The quantitative estimate of drug-likeness (QED) is 0.327. The van der Waals surface area contributed by atoms with Crippen LogP contribution in [0.2, 0.25) is 5.02 Å². The number of carbonyl (C=O) groups is 3. The van der Waals surface area contributed by atoms with Crippen LogP contribution < -0.4 is 20.5 Å². The number of ketones is 1. The Morgan fingerprint density at radius 1 is 1.05 bits per heavy atom. The first kappa shape index (κ1) is 27.0. The van der Waals surface area contributed by atoms with Gasteiger partial charge in [-0.05, 0) is 35.4 Å². The fraction of sp³-hybridized carbons (Fsp3) is 0.125. The Kier molecular flexibility index (Phi) is 8.31. The second-order valence-corrected chi connectivity index (χ2v) is 7.82. The molecule has 0 spiro atoms. The highest BCUT2D eigenvalue weighted by atomic mass is 35.5. The molecule has 13 heteroatoms. The second-order valence-electron chi connectivity index (χ2n) is 7.42. The molecule has 1 heterocycles. The van der Waals surface area contributed by atoms with E-state index < -0.39 is 42.7 Å². The van der Waals surface area contributed by atoms with Crippen LogP contribution in [-0.4, -0.2) is 35.6 Å². The summed E-state index contributed by atoms with van der Waals surface area (Å²) in [6.45, 7) is -1.69. The number of pyridine rings is 1. The number of rotatable bonds is 8. The number of anilines is 2. The molecule has 3 aromatic rings. The molecule has 2 aromatic carbocycles. The van der Waals surface area contributed by atoms with E-state index >= 15 is 0 Å². The first-order chi connectivity index (χ1) is 17.4. The summed E-state index contributed by atoms with van der Waals surface area (Å²) in [6.07, 6.45) is -5.70. The van der Waals surface area contributed by atoms with E-state index in [9.17, 15) is 32.7 Å². The minimum Gasteiger partial charge on any atom is -0.530 e. The van der Waals surface area contributed by atoms with Gasteiger partial charge in [0.05, 0.1) is 22.8 Å². The number of aromatic nitrogens is 1. The predicted molar refractivity (Wildman–Crippen MR) is 124 cm³/mol. The van der Waals surface area contributed by atoms with Gasteiger partial charge in [0.15, 0.2) is 12.4 Å². The molecule has 0 unspecified atom stereocenters. The smallest absolute Gasteiger partial charge is 0.422 e. The number of nitriles is 1. The van der Waals surface area contributed by atoms with Crippen LogP contribution in [0, 0.1) is 11.3 Å². The third-order valence-corrected chi connectivity index (χ3v) is 4.98. The molecule has 9 nitrogen and oxygen atoms in total. The standard InChI is InChI=1S/C24H16ClF3N4O5/c25-17-8-18(19(32-23(35)36)9-21(17)37-12-24(26,27)28)31-22(34)10-20(33)15-3-1-2-13(6-15)14-4-5-30-16(7-14)11-29/h1-9,32H,10,12H2,(H,31,34)(H,35,36)/p-1. The molecule has 0 aliphatic carbocycles. The maximum absolute atomic E-state index is 12.7. The predicted octanol–water partition coefficient (Wildman–Crippen LogP) is 4.18. The van der Waals surface area contributed by atoms with Crippen LogP contribution in [0.15, 0.2) is 54.7 Å². The van der Waals surface area contributed by atoms with Crippen molar-refractivity contribution in [1.29, 1.82) is 5.26 Å².